The number of benzene rings is 2. The van der Waals surface area contributed by atoms with Crippen molar-refractivity contribution in [1.82, 2.24) is 4.31 Å². The maximum Gasteiger partial charge on any atom is 0.324 e. The van der Waals surface area contributed by atoms with Crippen LogP contribution in [0.25, 0.3) is 0 Å². The topological polar surface area (TPSA) is 120 Å². The zero-order valence-corrected chi connectivity index (χ0v) is 18.8. The van der Waals surface area contributed by atoms with Gasteiger partial charge >= 0.3 is 5.97 Å². The Morgan fingerprint density at radius 2 is 1.82 bits per heavy atom. The summed E-state index contributed by atoms with van der Waals surface area (Å²) in [5.74, 6) is 0.311. The molecule has 2 heterocycles. The number of carbonyl (C=O) groups is 2. The molecule has 0 spiro atoms. The Kier molecular flexibility index (Phi) is 6.70. The smallest absolute Gasteiger partial charge is 0.324 e. The Bertz CT molecular complexity index is 1130. The Labute approximate surface area is 191 Å². The molecule has 176 valence electrons. The first kappa shape index (κ1) is 22.9. The van der Waals surface area contributed by atoms with E-state index in [1.165, 1.54) is 19.2 Å². The van der Waals surface area contributed by atoms with Crippen molar-refractivity contribution in [1.29, 1.82) is 0 Å². The Morgan fingerprint density at radius 1 is 1.09 bits per heavy atom. The first-order valence-electron chi connectivity index (χ1n) is 10.4. The number of hydrogen-bond acceptors (Lipinski definition) is 8. The molecule has 0 radical (unpaired) electrons. The lowest BCUT2D eigenvalue weighted by atomic mass is 10.2. The zero-order chi connectivity index (χ0) is 23.4. The fourth-order valence-corrected chi connectivity index (χ4v) is 5.34. The Balaban J connectivity index is 1.35. The Morgan fingerprint density at radius 3 is 2.55 bits per heavy atom. The van der Waals surface area contributed by atoms with E-state index in [1.54, 1.807) is 30.3 Å². The number of nitrogens with one attached hydrogen (secondary N) is 1. The van der Waals surface area contributed by atoms with Crippen molar-refractivity contribution in [3.63, 3.8) is 0 Å². The van der Waals surface area contributed by atoms with Crippen molar-refractivity contribution in [2.45, 2.75) is 23.8 Å². The third-order valence-electron chi connectivity index (χ3n) is 5.31. The molecule has 0 bridgehead atoms. The minimum atomic E-state index is -3.90. The molecular formula is C22H24N2O8S. The van der Waals surface area contributed by atoms with Gasteiger partial charge in [0, 0.05) is 18.3 Å². The van der Waals surface area contributed by atoms with E-state index in [0.717, 1.165) is 4.31 Å². The maximum atomic E-state index is 13.0. The highest BCUT2D eigenvalue weighted by Gasteiger charge is 2.40. The largest absolute Gasteiger partial charge is 0.497 e. The molecule has 1 saturated heterocycles. The summed E-state index contributed by atoms with van der Waals surface area (Å²) >= 11 is 0. The summed E-state index contributed by atoms with van der Waals surface area (Å²) in [7, 11) is -2.42. The summed E-state index contributed by atoms with van der Waals surface area (Å²) in [5, 5.41) is 2.62. The number of carbonyl (C=O) groups excluding carboxylic acids is 2. The van der Waals surface area contributed by atoms with Gasteiger partial charge < -0.3 is 24.3 Å². The predicted octanol–water partition coefficient (Wildman–Crippen LogP) is 1.80. The number of amides is 1. The molecule has 2 aromatic rings. The number of hydrogen-bond donors (Lipinski definition) is 1. The molecule has 1 atom stereocenters. The summed E-state index contributed by atoms with van der Waals surface area (Å²) in [4.78, 5) is 24.9. The van der Waals surface area contributed by atoms with Crippen LogP contribution in [0.15, 0.2) is 47.4 Å². The van der Waals surface area contributed by atoms with Gasteiger partial charge in [0.05, 0.1) is 12.0 Å². The molecule has 1 amide bonds. The molecule has 0 aliphatic carbocycles. The monoisotopic (exact) mass is 476 g/mol. The Hall–Kier alpha value is -3.31. The average Bonchev–Trinajstić information content (AvgIpc) is 3.34. The normalized spacial score (nSPS) is 17.9. The van der Waals surface area contributed by atoms with Crippen LogP contribution in [0.4, 0.5) is 5.69 Å². The second-order valence-electron chi connectivity index (χ2n) is 7.46. The third kappa shape index (κ3) is 5.04. The van der Waals surface area contributed by atoms with Gasteiger partial charge in [-0.1, -0.05) is 0 Å². The number of esters is 1. The predicted molar refractivity (Wildman–Crippen MR) is 117 cm³/mol. The number of ether oxygens (including phenoxy) is 4. The summed E-state index contributed by atoms with van der Waals surface area (Å²) < 4.78 is 48.3. The van der Waals surface area contributed by atoms with Crippen LogP contribution in [-0.4, -0.2) is 64.1 Å². The van der Waals surface area contributed by atoms with Crippen molar-refractivity contribution in [2.24, 2.45) is 0 Å². The minimum Gasteiger partial charge on any atom is -0.497 e. The number of nitrogens with zero attached hydrogens (tertiary/aromatic N) is 1. The van der Waals surface area contributed by atoms with Crippen LogP contribution < -0.4 is 19.5 Å². The molecule has 33 heavy (non-hydrogen) atoms. The number of anilines is 1. The minimum absolute atomic E-state index is 0.0550. The fourth-order valence-electron chi connectivity index (χ4n) is 3.70. The lowest BCUT2D eigenvalue weighted by molar-refractivity contribution is -0.150. The van der Waals surface area contributed by atoms with Crippen molar-refractivity contribution in [3.05, 3.63) is 42.5 Å². The number of methoxy groups -OCH3 is 1. The van der Waals surface area contributed by atoms with Gasteiger partial charge in [-0.05, 0) is 49.2 Å². The lowest BCUT2D eigenvalue weighted by Gasteiger charge is -2.22. The van der Waals surface area contributed by atoms with Crippen LogP contribution >= 0.6 is 0 Å². The average molecular weight is 477 g/mol. The molecule has 1 fully saturated rings. The van der Waals surface area contributed by atoms with Crippen LogP contribution in [0.5, 0.6) is 17.2 Å². The van der Waals surface area contributed by atoms with Crippen LogP contribution in [0, 0.1) is 0 Å². The maximum absolute atomic E-state index is 13.0. The first-order valence-corrected chi connectivity index (χ1v) is 11.8. The van der Waals surface area contributed by atoms with Crippen LogP contribution in [0.1, 0.15) is 12.8 Å². The van der Waals surface area contributed by atoms with E-state index in [1.807, 2.05) is 0 Å². The molecule has 10 nitrogen and oxygen atoms in total. The van der Waals surface area contributed by atoms with Crippen molar-refractivity contribution >= 4 is 27.6 Å². The van der Waals surface area contributed by atoms with Gasteiger partial charge in [-0.2, -0.15) is 4.31 Å². The molecule has 0 aromatic heterocycles. The van der Waals surface area contributed by atoms with E-state index in [0.29, 0.717) is 49.0 Å². The van der Waals surface area contributed by atoms with Crippen LogP contribution in [0.3, 0.4) is 0 Å². The summed E-state index contributed by atoms with van der Waals surface area (Å²) in [5.41, 5.74) is 0.463. The van der Waals surface area contributed by atoms with Gasteiger partial charge in [-0.25, -0.2) is 8.42 Å². The molecule has 0 unspecified atom stereocenters. The SMILES string of the molecule is COc1ccc(S(=O)(=O)N2CCC[C@@H]2C(=O)OCC(=O)Nc2ccc3c(c2)OCCO3)cc1. The molecule has 2 aromatic carbocycles. The quantitative estimate of drug-likeness (QED) is 0.601. The van der Waals surface area contributed by atoms with E-state index < -0.39 is 34.5 Å². The molecule has 2 aliphatic heterocycles. The second kappa shape index (κ2) is 9.67. The standard InChI is InChI=1S/C22H24N2O8S/c1-29-16-5-7-17(8-6-16)33(27,28)24-10-2-3-18(24)22(26)32-14-21(25)23-15-4-9-19-20(13-15)31-12-11-30-19/h4-9,13,18H,2-3,10-12,14H2,1H3,(H,23,25)/t18-/m1/s1. The van der Waals surface area contributed by atoms with E-state index in [9.17, 15) is 18.0 Å². The highest BCUT2D eigenvalue weighted by molar-refractivity contribution is 7.89. The number of rotatable bonds is 7. The van der Waals surface area contributed by atoms with Crippen molar-refractivity contribution in [3.8, 4) is 17.2 Å². The van der Waals surface area contributed by atoms with Crippen LogP contribution in [0.2, 0.25) is 0 Å². The van der Waals surface area contributed by atoms with E-state index >= 15 is 0 Å². The lowest BCUT2D eigenvalue weighted by Crippen LogP contribution is -2.42. The molecule has 4 rings (SSSR count). The highest BCUT2D eigenvalue weighted by Crippen LogP contribution is 2.32. The van der Waals surface area contributed by atoms with Gasteiger partial charge in [-0.15, -0.1) is 0 Å². The number of sulfonamides is 1. The second-order valence-corrected chi connectivity index (χ2v) is 9.35. The van der Waals surface area contributed by atoms with Gasteiger partial charge in [0.2, 0.25) is 10.0 Å². The first-order chi connectivity index (χ1) is 15.9. The zero-order valence-electron chi connectivity index (χ0n) is 18.0. The summed E-state index contributed by atoms with van der Waals surface area (Å²) in [6.07, 6.45) is 0.830. The molecule has 2 aliphatic rings. The van der Waals surface area contributed by atoms with Gasteiger partial charge in [0.15, 0.2) is 18.1 Å². The summed E-state index contributed by atoms with van der Waals surface area (Å²) in [6.45, 7) is 0.526. The highest BCUT2D eigenvalue weighted by atomic mass is 32.2. The fraction of sp³-hybridized carbons (Fsp3) is 0.364. The summed E-state index contributed by atoms with van der Waals surface area (Å²) in [6, 6.07) is 9.89. The molecular weight excluding hydrogens is 452 g/mol. The third-order valence-corrected chi connectivity index (χ3v) is 7.24. The van der Waals surface area contributed by atoms with Crippen molar-refractivity contribution in [2.75, 3.05) is 38.8 Å². The van der Waals surface area contributed by atoms with Gasteiger partial charge in [0.25, 0.3) is 5.91 Å². The molecule has 11 heteroatoms. The number of fused-ring (bicyclic) bond motifs is 1. The molecule has 1 N–H and O–H groups in total. The van der Waals surface area contributed by atoms with Crippen LogP contribution in [-0.2, 0) is 24.3 Å². The van der Waals surface area contributed by atoms with Gasteiger partial charge in [0.1, 0.15) is 25.0 Å². The van der Waals surface area contributed by atoms with Gasteiger partial charge in [-0.3, -0.25) is 9.59 Å². The van der Waals surface area contributed by atoms with E-state index in [2.05, 4.69) is 5.32 Å². The van der Waals surface area contributed by atoms with E-state index in [-0.39, 0.29) is 11.4 Å². The molecule has 0 saturated carbocycles. The van der Waals surface area contributed by atoms with Crippen molar-refractivity contribution < 1.29 is 37.0 Å². The van der Waals surface area contributed by atoms with E-state index in [4.69, 9.17) is 18.9 Å².